The number of fused-ring (bicyclic) bond motifs is 1. The van der Waals surface area contributed by atoms with Crippen LogP contribution in [0.2, 0.25) is 0 Å². The summed E-state index contributed by atoms with van der Waals surface area (Å²) in [6, 6.07) is 16.8. The first-order valence-electron chi connectivity index (χ1n) is 10.7. The van der Waals surface area contributed by atoms with E-state index in [1.807, 2.05) is 48.5 Å². The third-order valence-electron chi connectivity index (χ3n) is 5.15. The van der Waals surface area contributed by atoms with E-state index in [1.54, 1.807) is 6.07 Å². The highest BCUT2D eigenvalue weighted by Gasteiger charge is 2.51. The van der Waals surface area contributed by atoms with E-state index in [0.29, 0.717) is 16.3 Å². The number of nitrogens with zero attached hydrogens (tertiary/aromatic N) is 1. The minimum absolute atomic E-state index is 0.188. The van der Waals surface area contributed by atoms with Crippen LogP contribution in [-0.2, 0) is 35.1 Å². The molecule has 1 aliphatic rings. The number of benzene rings is 2. The van der Waals surface area contributed by atoms with Gasteiger partial charge in [0.25, 0.3) is 5.22 Å². The molecule has 1 aromatic heterocycles. The number of aliphatic hydroxyl groups excluding tert-OH is 1. The topological polar surface area (TPSA) is 117 Å². The van der Waals surface area contributed by atoms with Crippen molar-refractivity contribution in [1.29, 1.82) is 0 Å². The lowest BCUT2D eigenvalue weighted by molar-refractivity contribution is -0.240. The van der Waals surface area contributed by atoms with Crippen LogP contribution in [0.4, 0.5) is 0 Å². The van der Waals surface area contributed by atoms with Gasteiger partial charge in [-0.05, 0) is 29.5 Å². The Labute approximate surface area is 200 Å². The van der Waals surface area contributed by atoms with Crippen molar-refractivity contribution in [2.24, 2.45) is 0 Å². The highest BCUT2D eigenvalue weighted by molar-refractivity contribution is 7.99. The van der Waals surface area contributed by atoms with Gasteiger partial charge >= 0.3 is 11.9 Å². The average Bonchev–Trinajstić information content (AvgIpc) is 3.22. The molecule has 0 spiro atoms. The number of esters is 2. The summed E-state index contributed by atoms with van der Waals surface area (Å²) in [6.07, 6.45) is -3.91. The standard InChI is InChI=1S/C24H25NO8S/c1-14(27)30-20-19(12-26)32-23(34-24-25-17-10-6-7-11-18(17)33-24)22(21(20)31-15(2)28)29-13-16-8-4-3-5-9-16/h3-11,19-23,26H,12-13H2,1-2H3/t19-,20-,21+,22-,23+/m1/s1. The van der Waals surface area contributed by atoms with Crippen LogP contribution in [0, 0.1) is 0 Å². The zero-order chi connectivity index (χ0) is 24.1. The smallest absolute Gasteiger partial charge is 0.303 e. The first-order chi connectivity index (χ1) is 16.4. The van der Waals surface area contributed by atoms with E-state index in [9.17, 15) is 14.7 Å². The van der Waals surface area contributed by atoms with Gasteiger partial charge in [0.05, 0.1) is 13.2 Å². The SMILES string of the molecule is CC(=O)O[C@@H]1[C@@H](OCc2ccccc2)[C@H](Sc2nc3ccccc3o2)O[C@H](CO)[C@H]1OC(C)=O. The molecule has 1 saturated heterocycles. The van der Waals surface area contributed by atoms with Crippen molar-refractivity contribution in [3.8, 4) is 0 Å². The summed E-state index contributed by atoms with van der Waals surface area (Å²) in [5.41, 5.74) is 1.39. The van der Waals surface area contributed by atoms with Crippen molar-refractivity contribution in [3.63, 3.8) is 0 Å². The molecular formula is C24H25NO8S. The second-order valence-electron chi connectivity index (χ2n) is 7.70. The monoisotopic (exact) mass is 487 g/mol. The van der Waals surface area contributed by atoms with Crippen LogP contribution in [0.3, 0.4) is 0 Å². The lowest BCUT2D eigenvalue weighted by Gasteiger charge is -2.44. The van der Waals surface area contributed by atoms with Crippen LogP contribution >= 0.6 is 11.8 Å². The third-order valence-corrected chi connectivity index (χ3v) is 6.14. The van der Waals surface area contributed by atoms with E-state index in [1.165, 1.54) is 13.8 Å². The first kappa shape index (κ1) is 24.2. The molecule has 1 N–H and O–H groups in total. The number of hydrogen-bond acceptors (Lipinski definition) is 10. The zero-order valence-corrected chi connectivity index (χ0v) is 19.5. The van der Waals surface area contributed by atoms with Crippen LogP contribution in [0.1, 0.15) is 19.4 Å². The number of aliphatic hydroxyl groups is 1. The summed E-state index contributed by atoms with van der Waals surface area (Å²) in [7, 11) is 0. The van der Waals surface area contributed by atoms with E-state index >= 15 is 0 Å². The van der Waals surface area contributed by atoms with Gasteiger partial charge < -0.3 is 28.5 Å². The molecule has 34 heavy (non-hydrogen) atoms. The molecule has 1 aliphatic heterocycles. The number of ether oxygens (including phenoxy) is 4. The number of para-hydroxylation sites is 2. The van der Waals surface area contributed by atoms with Gasteiger partial charge in [-0.15, -0.1) is 0 Å². The molecule has 10 heteroatoms. The molecule has 180 valence electrons. The van der Waals surface area contributed by atoms with Crippen LogP contribution in [-0.4, -0.2) is 58.5 Å². The second kappa shape index (κ2) is 11.0. The van der Waals surface area contributed by atoms with Crippen molar-refractivity contribution >= 4 is 34.8 Å². The second-order valence-corrected chi connectivity index (χ2v) is 8.75. The maximum absolute atomic E-state index is 12.0. The fraction of sp³-hybridized carbons (Fsp3) is 0.375. The molecule has 0 amide bonds. The molecule has 0 unspecified atom stereocenters. The molecule has 2 heterocycles. The Morgan fingerprint density at radius 3 is 2.32 bits per heavy atom. The highest BCUT2D eigenvalue weighted by atomic mass is 32.2. The largest absolute Gasteiger partial charge is 0.456 e. The molecule has 0 bridgehead atoms. The van der Waals surface area contributed by atoms with Gasteiger partial charge in [0, 0.05) is 13.8 Å². The third kappa shape index (κ3) is 5.76. The quantitative estimate of drug-likeness (QED) is 0.475. The van der Waals surface area contributed by atoms with E-state index in [4.69, 9.17) is 23.4 Å². The van der Waals surface area contributed by atoms with Gasteiger partial charge in [0.2, 0.25) is 0 Å². The van der Waals surface area contributed by atoms with Crippen molar-refractivity contribution in [2.45, 2.75) is 55.5 Å². The Morgan fingerprint density at radius 2 is 1.65 bits per heavy atom. The van der Waals surface area contributed by atoms with E-state index in [0.717, 1.165) is 17.3 Å². The van der Waals surface area contributed by atoms with E-state index < -0.39 is 48.4 Å². The summed E-state index contributed by atoms with van der Waals surface area (Å²) in [5, 5.41) is 10.3. The van der Waals surface area contributed by atoms with Gasteiger partial charge in [-0.1, -0.05) is 42.5 Å². The van der Waals surface area contributed by atoms with E-state index in [2.05, 4.69) is 4.98 Å². The molecule has 0 radical (unpaired) electrons. The minimum atomic E-state index is -1.06. The average molecular weight is 488 g/mol. The first-order valence-corrected chi connectivity index (χ1v) is 11.6. The van der Waals surface area contributed by atoms with Crippen molar-refractivity contribution in [1.82, 2.24) is 4.98 Å². The molecule has 1 fully saturated rings. The molecule has 2 aromatic carbocycles. The van der Waals surface area contributed by atoms with Gasteiger partial charge in [-0.3, -0.25) is 9.59 Å². The molecule has 5 atom stereocenters. The Bertz CT molecular complexity index is 1090. The number of hydrogen-bond donors (Lipinski definition) is 1. The normalized spacial score (nSPS) is 24.6. The predicted molar refractivity (Wildman–Crippen MR) is 122 cm³/mol. The van der Waals surface area contributed by atoms with Crippen LogP contribution in [0.25, 0.3) is 11.1 Å². The Hall–Kier alpha value is -2.92. The van der Waals surface area contributed by atoms with Gasteiger partial charge in [-0.25, -0.2) is 4.98 Å². The summed E-state index contributed by atoms with van der Waals surface area (Å²) in [4.78, 5) is 28.2. The van der Waals surface area contributed by atoms with Crippen molar-refractivity contribution in [2.75, 3.05) is 6.61 Å². The highest BCUT2D eigenvalue weighted by Crippen LogP contribution is 2.38. The number of carbonyl (C=O) groups is 2. The Balaban J connectivity index is 1.66. The number of oxazole rings is 1. The number of aromatic nitrogens is 1. The predicted octanol–water partition coefficient (Wildman–Crippen LogP) is 3.09. The van der Waals surface area contributed by atoms with E-state index in [-0.39, 0.29) is 6.61 Å². The molecule has 9 nitrogen and oxygen atoms in total. The van der Waals surface area contributed by atoms with Gasteiger partial charge in [-0.2, -0.15) is 0 Å². The fourth-order valence-electron chi connectivity index (χ4n) is 3.72. The number of rotatable bonds is 8. The Kier molecular flexibility index (Phi) is 7.84. The summed E-state index contributed by atoms with van der Waals surface area (Å²) in [5.74, 6) is -1.18. The van der Waals surface area contributed by atoms with Crippen LogP contribution < -0.4 is 0 Å². The lowest BCUT2D eigenvalue weighted by Crippen LogP contribution is -2.61. The summed E-state index contributed by atoms with van der Waals surface area (Å²) in [6.45, 7) is 2.21. The van der Waals surface area contributed by atoms with Crippen molar-refractivity contribution in [3.05, 3.63) is 60.2 Å². The summed E-state index contributed by atoms with van der Waals surface area (Å²) < 4.78 is 29.1. The fourth-order valence-corrected chi connectivity index (χ4v) is 4.78. The lowest BCUT2D eigenvalue weighted by atomic mass is 9.99. The van der Waals surface area contributed by atoms with Gasteiger partial charge in [0.15, 0.2) is 17.8 Å². The molecular weight excluding hydrogens is 462 g/mol. The summed E-state index contributed by atoms with van der Waals surface area (Å²) >= 11 is 1.14. The molecule has 0 aliphatic carbocycles. The number of thioether (sulfide) groups is 1. The van der Waals surface area contributed by atoms with Crippen LogP contribution in [0.15, 0.2) is 64.2 Å². The molecule has 3 aromatic rings. The van der Waals surface area contributed by atoms with Crippen LogP contribution in [0.5, 0.6) is 0 Å². The van der Waals surface area contributed by atoms with Crippen molar-refractivity contribution < 1.29 is 38.1 Å². The zero-order valence-electron chi connectivity index (χ0n) is 18.7. The molecule has 4 rings (SSSR count). The maximum atomic E-state index is 12.0. The molecule has 0 saturated carbocycles. The van der Waals surface area contributed by atoms with Gasteiger partial charge in [0.1, 0.15) is 23.2 Å². The minimum Gasteiger partial charge on any atom is -0.456 e. The maximum Gasteiger partial charge on any atom is 0.303 e. The Morgan fingerprint density at radius 1 is 0.971 bits per heavy atom. The number of carbonyl (C=O) groups excluding carboxylic acids is 2.